The van der Waals surface area contributed by atoms with Crippen molar-refractivity contribution in [3.8, 4) is 0 Å². The van der Waals surface area contributed by atoms with E-state index in [-0.39, 0.29) is 57.4 Å². The van der Waals surface area contributed by atoms with Crippen LogP contribution >= 0.6 is 11.9 Å². The van der Waals surface area contributed by atoms with Gasteiger partial charge in [0.15, 0.2) is 0 Å². The summed E-state index contributed by atoms with van der Waals surface area (Å²) in [5, 5.41) is 6.74. The molecule has 4 N–H and O–H groups in total. The number of halogens is 2. The van der Waals surface area contributed by atoms with Crippen molar-refractivity contribution in [3.05, 3.63) is 59.7 Å². The molecular formula is C27H32F2N6O7S. The first-order chi connectivity index (χ1) is 20.4. The zero-order valence-corrected chi connectivity index (χ0v) is 24.5. The lowest BCUT2D eigenvalue weighted by Gasteiger charge is -2.19. The van der Waals surface area contributed by atoms with Gasteiger partial charge in [-0.25, -0.2) is 13.6 Å². The molecule has 2 aromatic carbocycles. The molecule has 1 amide bonds. The van der Waals surface area contributed by atoms with Gasteiger partial charge in [-0.1, -0.05) is 6.07 Å². The molecule has 0 saturated heterocycles. The van der Waals surface area contributed by atoms with Gasteiger partial charge in [-0.15, -0.1) is 5.10 Å². The number of aromatic nitrogens is 3. The topological polar surface area (TPSA) is 169 Å². The molecule has 0 aliphatic carbocycles. The van der Waals surface area contributed by atoms with E-state index >= 15 is 0 Å². The minimum atomic E-state index is -1.10. The molecule has 1 aromatic heterocycles. The molecule has 13 nitrogen and oxygen atoms in total. The van der Waals surface area contributed by atoms with Crippen LogP contribution in [0.3, 0.4) is 0 Å². The molecule has 0 spiro atoms. The van der Waals surface area contributed by atoms with Crippen LogP contribution in [0.4, 0.5) is 26.4 Å². The van der Waals surface area contributed by atoms with E-state index in [0.717, 1.165) is 30.1 Å². The van der Waals surface area contributed by atoms with Crippen LogP contribution in [0.2, 0.25) is 0 Å². The monoisotopic (exact) mass is 622 g/mol. The zero-order chi connectivity index (χ0) is 31.4. The van der Waals surface area contributed by atoms with E-state index in [4.69, 9.17) is 24.7 Å². The van der Waals surface area contributed by atoms with Gasteiger partial charge in [0.2, 0.25) is 11.9 Å². The fourth-order valence-corrected chi connectivity index (χ4v) is 3.81. The lowest BCUT2D eigenvalue weighted by molar-refractivity contribution is -0.160. The maximum Gasteiger partial charge on any atom is 0.332 e. The number of nitrogens with two attached hydrogens (primary N) is 1. The standard InChI is InChI=1S/C27H32F2N6O7S/c1-27(2,3)42-22(37)16-41-14-12-39-11-13-40-15-21(36)34-43-18-9-7-17(8-10-18)31-26-32-25(30)35(33-26)24(38)23-19(28)5-4-6-20(23)29/h4-10H,11-16H2,1-3H3,(H,34,36)(H3,30,31,32,33). The molecule has 0 aliphatic rings. The summed E-state index contributed by atoms with van der Waals surface area (Å²) >= 11 is 1.07. The van der Waals surface area contributed by atoms with Crippen LogP contribution in [0.25, 0.3) is 0 Å². The molecule has 0 atom stereocenters. The highest BCUT2D eigenvalue weighted by Gasteiger charge is 2.23. The molecule has 0 bridgehead atoms. The third-order valence-electron chi connectivity index (χ3n) is 5.01. The van der Waals surface area contributed by atoms with E-state index in [0.29, 0.717) is 15.3 Å². The molecule has 16 heteroatoms. The molecule has 232 valence electrons. The number of hydrogen-bond donors (Lipinski definition) is 3. The zero-order valence-electron chi connectivity index (χ0n) is 23.7. The van der Waals surface area contributed by atoms with Crippen molar-refractivity contribution < 1.29 is 42.1 Å². The summed E-state index contributed by atoms with van der Waals surface area (Å²) in [4.78, 5) is 40.7. The van der Waals surface area contributed by atoms with Crippen molar-refractivity contribution in [1.29, 1.82) is 0 Å². The first-order valence-corrected chi connectivity index (χ1v) is 13.7. The van der Waals surface area contributed by atoms with Crippen LogP contribution in [-0.4, -0.2) is 77.8 Å². The van der Waals surface area contributed by atoms with Crippen molar-refractivity contribution in [2.45, 2.75) is 31.3 Å². The predicted molar refractivity (Wildman–Crippen MR) is 153 cm³/mol. The minimum Gasteiger partial charge on any atom is -0.458 e. The Morgan fingerprint density at radius 1 is 0.930 bits per heavy atom. The van der Waals surface area contributed by atoms with Crippen LogP contribution in [0.15, 0.2) is 47.4 Å². The predicted octanol–water partition coefficient (Wildman–Crippen LogP) is 3.09. The molecule has 0 fully saturated rings. The van der Waals surface area contributed by atoms with Crippen LogP contribution in [0.1, 0.15) is 31.1 Å². The van der Waals surface area contributed by atoms with Crippen molar-refractivity contribution >= 4 is 47.3 Å². The fourth-order valence-electron chi connectivity index (χ4n) is 3.24. The smallest absolute Gasteiger partial charge is 0.332 e. The molecule has 3 rings (SSSR count). The number of nitrogen functional groups attached to an aromatic ring is 1. The number of carbonyl (C=O) groups excluding carboxylic acids is 3. The lowest BCUT2D eigenvalue weighted by Crippen LogP contribution is -2.27. The number of nitrogens with zero attached hydrogens (tertiary/aromatic N) is 3. The minimum absolute atomic E-state index is 0.0641. The maximum absolute atomic E-state index is 14.0. The second-order valence-corrected chi connectivity index (χ2v) is 10.6. The van der Waals surface area contributed by atoms with E-state index in [1.54, 1.807) is 45.0 Å². The van der Waals surface area contributed by atoms with E-state index in [1.165, 1.54) is 0 Å². The summed E-state index contributed by atoms with van der Waals surface area (Å²) in [6.07, 6.45) is 0. The summed E-state index contributed by atoms with van der Waals surface area (Å²) in [5.41, 5.74) is 4.89. The SMILES string of the molecule is CC(C)(C)OC(=O)COCCOCCOCC(=O)NSc1ccc(Nc2nc(N)n(C(=O)c3c(F)cccc3F)n2)cc1. The van der Waals surface area contributed by atoms with E-state index < -0.39 is 34.7 Å². The highest BCUT2D eigenvalue weighted by molar-refractivity contribution is 7.98. The summed E-state index contributed by atoms with van der Waals surface area (Å²) in [6.45, 7) is 5.91. The Bertz CT molecular complexity index is 1380. The number of anilines is 3. The Morgan fingerprint density at radius 2 is 1.53 bits per heavy atom. The van der Waals surface area contributed by atoms with Crippen molar-refractivity contribution in [2.24, 2.45) is 0 Å². The highest BCUT2D eigenvalue weighted by atomic mass is 32.2. The Hall–Kier alpha value is -4.12. The number of ether oxygens (including phenoxy) is 4. The Morgan fingerprint density at radius 3 is 2.16 bits per heavy atom. The Labute approximate surface area is 250 Å². The third-order valence-corrected chi connectivity index (χ3v) is 5.85. The van der Waals surface area contributed by atoms with Crippen molar-refractivity contribution in [2.75, 3.05) is 50.7 Å². The Kier molecular flexibility index (Phi) is 12.4. The van der Waals surface area contributed by atoms with Gasteiger partial charge in [-0.05, 0) is 69.1 Å². The highest BCUT2D eigenvalue weighted by Crippen LogP contribution is 2.21. The van der Waals surface area contributed by atoms with Crippen molar-refractivity contribution in [1.82, 2.24) is 19.5 Å². The number of nitrogens with one attached hydrogen (secondary N) is 2. The summed E-state index contributed by atoms with van der Waals surface area (Å²) in [7, 11) is 0. The van der Waals surface area contributed by atoms with Gasteiger partial charge >= 0.3 is 5.97 Å². The van der Waals surface area contributed by atoms with Crippen LogP contribution in [-0.2, 0) is 28.5 Å². The van der Waals surface area contributed by atoms with E-state index in [2.05, 4.69) is 20.1 Å². The molecule has 0 radical (unpaired) electrons. The third kappa shape index (κ3) is 11.2. The number of esters is 1. The van der Waals surface area contributed by atoms with E-state index in [9.17, 15) is 23.2 Å². The summed E-state index contributed by atoms with van der Waals surface area (Å²) < 4.78 is 52.1. The molecule has 3 aromatic rings. The first-order valence-electron chi connectivity index (χ1n) is 12.9. The van der Waals surface area contributed by atoms with Gasteiger partial charge in [0.25, 0.3) is 11.8 Å². The molecule has 0 aliphatic heterocycles. The van der Waals surface area contributed by atoms with Gasteiger partial charge < -0.3 is 30.0 Å². The Balaban J connectivity index is 1.32. The second kappa shape index (κ2) is 15.9. The summed E-state index contributed by atoms with van der Waals surface area (Å²) in [6, 6.07) is 9.76. The molecule has 0 saturated carbocycles. The molecular weight excluding hydrogens is 590 g/mol. The van der Waals surface area contributed by atoms with Gasteiger partial charge in [-0.2, -0.15) is 9.67 Å². The lowest BCUT2D eigenvalue weighted by atomic mass is 10.2. The quantitative estimate of drug-likeness (QED) is 0.129. The second-order valence-electron chi connectivity index (χ2n) is 9.69. The number of amides is 1. The van der Waals surface area contributed by atoms with Gasteiger partial charge in [-0.3, -0.25) is 14.3 Å². The fraction of sp³-hybridized carbons (Fsp3) is 0.370. The number of rotatable bonds is 15. The number of carbonyl (C=O) groups is 3. The molecule has 1 heterocycles. The van der Waals surface area contributed by atoms with Gasteiger partial charge in [0.05, 0.1) is 26.4 Å². The van der Waals surface area contributed by atoms with Gasteiger partial charge in [0.1, 0.15) is 36.0 Å². The van der Waals surface area contributed by atoms with Gasteiger partial charge in [0, 0.05) is 10.6 Å². The molecule has 43 heavy (non-hydrogen) atoms. The number of benzene rings is 2. The number of hydrogen-bond acceptors (Lipinski definition) is 12. The first kappa shape index (κ1) is 33.4. The average Bonchev–Trinajstić information content (AvgIpc) is 3.30. The molecule has 0 unspecified atom stereocenters. The van der Waals surface area contributed by atoms with E-state index in [1.807, 2.05) is 0 Å². The van der Waals surface area contributed by atoms with Crippen molar-refractivity contribution in [3.63, 3.8) is 0 Å². The van der Waals surface area contributed by atoms with Crippen LogP contribution < -0.4 is 15.8 Å². The van der Waals surface area contributed by atoms with Crippen LogP contribution in [0, 0.1) is 11.6 Å². The normalized spacial score (nSPS) is 11.3. The largest absolute Gasteiger partial charge is 0.458 e. The summed E-state index contributed by atoms with van der Waals surface area (Å²) in [5.74, 6) is -4.43. The average molecular weight is 623 g/mol. The maximum atomic E-state index is 14.0. The van der Waals surface area contributed by atoms with Crippen LogP contribution in [0.5, 0.6) is 0 Å².